The first-order valence-corrected chi connectivity index (χ1v) is 6.67. The SMILES string of the molecule is CCC(CC1CC1C(=O)O)c1cccc(OC)c1O. The molecule has 1 saturated carbocycles. The number of hydrogen-bond acceptors (Lipinski definition) is 3. The van der Waals surface area contributed by atoms with Crippen LogP contribution in [0.2, 0.25) is 0 Å². The molecule has 1 aliphatic carbocycles. The zero-order valence-corrected chi connectivity index (χ0v) is 11.3. The van der Waals surface area contributed by atoms with Crippen LogP contribution in [-0.2, 0) is 4.79 Å². The Balaban J connectivity index is 2.12. The van der Waals surface area contributed by atoms with Gasteiger partial charge in [0.1, 0.15) is 0 Å². The van der Waals surface area contributed by atoms with E-state index in [0.717, 1.165) is 24.8 Å². The number of hydrogen-bond donors (Lipinski definition) is 2. The Morgan fingerprint density at radius 2 is 2.26 bits per heavy atom. The maximum atomic E-state index is 10.9. The second kappa shape index (κ2) is 5.51. The van der Waals surface area contributed by atoms with E-state index in [4.69, 9.17) is 9.84 Å². The van der Waals surface area contributed by atoms with E-state index in [1.165, 1.54) is 7.11 Å². The summed E-state index contributed by atoms with van der Waals surface area (Å²) in [6.07, 6.45) is 2.45. The predicted molar refractivity (Wildman–Crippen MR) is 71.5 cm³/mol. The average Bonchev–Trinajstić information content (AvgIpc) is 3.16. The van der Waals surface area contributed by atoms with Crippen LogP contribution in [0.25, 0.3) is 0 Å². The summed E-state index contributed by atoms with van der Waals surface area (Å²) in [7, 11) is 1.53. The predicted octanol–water partition coefficient (Wildman–Crippen LogP) is 3.01. The second-order valence-electron chi connectivity index (χ2n) is 5.18. The fourth-order valence-corrected chi connectivity index (χ4v) is 2.72. The molecular formula is C15H20O4. The van der Waals surface area contributed by atoms with Crippen LogP contribution in [0, 0.1) is 11.8 Å². The van der Waals surface area contributed by atoms with E-state index < -0.39 is 5.97 Å². The monoisotopic (exact) mass is 264 g/mol. The van der Waals surface area contributed by atoms with Crippen molar-refractivity contribution < 1.29 is 19.7 Å². The van der Waals surface area contributed by atoms with E-state index in [-0.39, 0.29) is 23.5 Å². The molecule has 4 nitrogen and oxygen atoms in total. The Hall–Kier alpha value is -1.71. The van der Waals surface area contributed by atoms with Crippen molar-refractivity contribution in [1.29, 1.82) is 0 Å². The van der Waals surface area contributed by atoms with E-state index >= 15 is 0 Å². The number of benzene rings is 1. The lowest BCUT2D eigenvalue weighted by atomic mass is 9.89. The van der Waals surface area contributed by atoms with Crippen molar-refractivity contribution in [3.8, 4) is 11.5 Å². The van der Waals surface area contributed by atoms with E-state index in [1.807, 2.05) is 12.1 Å². The fourth-order valence-electron chi connectivity index (χ4n) is 2.72. The fraction of sp³-hybridized carbons (Fsp3) is 0.533. The molecule has 1 fully saturated rings. The standard InChI is InChI=1S/C15H20O4/c1-3-9(7-10-8-12(10)15(17)18)11-5-4-6-13(19-2)14(11)16/h4-6,9-10,12,16H,3,7-8H2,1-2H3,(H,17,18). The lowest BCUT2D eigenvalue weighted by Crippen LogP contribution is -2.04. The number of aromatic hydroxyl groups is 1. The first-order valence-electron chi connectivity index (χ1n) is 6.67. The third kappa shape index (κ3) is 2.83. The molecule has 1 aromatic rings. The Bertz CT molecular complexity index is 469. The first-order chi connectivity index (χ1) is 9.08. The Morgan fingerprint density at radius 1 is 1.53 bits per heavy atom. The minimum atomic E-state index is -0.699. The van der Waals surface area contributed by atoms with Crippen LogP contribution < -0.4 is 4.74 Å². The van der Waals surface area contributed by atoms with Gasteiger partial charge in [-0.15, -0.1) is 0 Å². The van der Waals surface area contributed by atoms with Gasteiger partial charge < -0.3 is 14.9 Å². The topological polar surface area (TPSA) is 66.8 Å². The highest BCUT2D eigenvalue weighted by molar-refractivity contribution is 5.73. The lowest BCUT2D eigenvalue weighted by molar-refractivity contribution is -0.138. The molecule has 3 unspecified atom stereocenters. The summed E-state index contributed by atoms with van der Waals surface area (Å²) < 4.78 is 5.12. The Kier molecular flexibility index (Phi) is 3.98. The van der Waals surface area contributed by atoms with Crippen molar-refractivity contribution in [3.63, 3.8) is 0 Å². The molecule has 1 aliphatic rings. The van der Waals surface area contributed by atoms with Crippen molar-refractivity contribution in [1.82, 2.24) is 0 Å². The number of phenolic OH excluding ortho intramolecular Hbond substituents is 1. The number of carboxylic acids is 1. The maximum Gasteiger partial charge on any atom is 0.306 e. The van der Waals surface area contributed by atoms with Gasteiger partial charge in [0.15, 0.2) is 11.5 Å². The first kappa shape index (κ1) is 13.7. The molecule has 104 valence electrons. The summed E-state index contributed by atoms with van der Waals surface area (Å²) in [4.78, 5) is 10.9. The second-order valence-corrected chi connectivity index (χ2v) is 5.18. The van der Waals surface area contributed by atoms with Crippen molar-refractivity contribution in [2.75, 3.05) is 7.11 Å². The molecule has 3 atom stereocenters. The smallest absolute Gasteiger partial charge is 0.306 e. The molecule has 4 heteroatoms. The van der Waals surface area contributed by atoms with Crippen LogP contribution in [0.4, 0.5) is 0 Å². The summed E-state index contributed by atoms with van der Waals surface area (Å²) in [6.45, 7) is 2.06. The number of phenols is 1. The maximum absolute atomic E-state index is 10.9. The number of ether oxygens (including phenoxy) is 1. The quantitative estimate of drug-likeness (QED) is 0.828. The third-order valence-corrected chi connectivity index (χ3v) is 4.01. The van der Waals surface area contributed by atoms with Crippen LogP contribution in [0.1, 0.15) is 37.7 Å². The van der Waals surface area contributed by atoms with Crippen molar-refractivity contribution in [2.24, 2.45) is 11.8 Å². The van der Waals surface area contributed by atoms with Crippen molar-refractivity contribution >= 4 is 5.97 Å². The molecule has 0 spiro atoms. The van der Waals surface area contributed by atoms with Crippen LogP contribution in [0.3, 0.4) is 0 Å². The molecule has 0 amide bonds. The van der Waals surface area contributed by atoms with Crippen LogP contribution in [-0.4, -0.2) is 23.3 Å². The zero-order chi connectivity index (χ0) is 14.0. The number of methoxy groups -OCH3 is 1. The zero-order valence-electron chi connectivity index (χ0n) is 11.3. The number of aliphatic carboxylic acids is 1. The van der Waals surface area contributed by atoms with Gasteiger partial charge in [0.2, 0.25) is 0 Å². The molecule has 2 rings (SSSR count). The average molecular weight is 264 g/mol. The highest BCUT2D eigenvalue weighted by Crippen LogP contribution is 2.48. The van der Waals surface area contributed by atoms with E-state index in [9.17, 15) is 9.90 Å². The van der Waals surface area contributed by atoms with Crippen LogP contribution in [0.15, 0.2) is 18.2 Å². The molecule has 0 aromatic heterocycles. The Labute approximate surface area is 113 Å². The summed E-state index contributed by atoms with van der Waals surface area (Å²) in [5.74, 6) is 0.194. The van der Waals surface area contributed by atoms with E-state index in [0.29, 0.717) is 5.75 Å². The normalized spacial score (nSPS) is 22.8. The highest BCUT2D eigenvalue weighted by atomic mass is 16.5. The number of carbonyl (C=O) groups is 1. The van der Waals surface area contributed by atoms with Gasteiger partial charge in [-0.1, -0.05) is 19.1 Å². The molecule has 0 saturated heterocycles. The van der Waals surface area contributed by atoms with Gasteiger partial charge in [-0.25, -0.2) is 0 Å². The van der Waals surface area contributed by atoms with Gasteiger partial charge in [0, 0.05) is 5.56 Å². The van der Waals surface area contributed by atoms with E-state index in [2.05, 4.69) is 6.92 Å². The summed E-state index contributed by atoms with van der Waals surface area (Å²) >= 11 is 0. The molecular weight excluding hydrogens is 244 g/mol. The largest absolute Gasteiger partial charge is 0.504 e. The van der Waals surface area contributed by atoms with Crippen LogP contribution in [0.5, 0.6) is 11.5 Å². The Morgan fingerprint density at radius 3 is 2.79 bits per heavy atom. The summed E-state index contributed by atoms with van der Waals surface area (Å²) in [5.41, 5.74) is 0.859. The highest BCUT2D eigenvalue weighted by Gasteiger charge is 2.44. The number of carboxylic acid groups (broad SMARTS) is 1. The minimum Gasteiger partial charge on any atom is -0.504 e. The van der Waals surface area contributed by atoms with Gasteiger partial charge in [0.05, 0.1) is 13.0 Å². The molecule has 0 bridgehead atoms. The molecule has 1 aromatic carbocycles. The number of rotatable bonds is 6. The molecule has 19 heavy (non-hydrogen) atoms. The number of para-hydroxylation sites is 1. The lowest BCUT2D eigenvalue weighted by Gasteiger charge is -2.18. The third-order valence-electron chi connectivity index (χ3n) is 4.01. The summed E-state index contributed by atoms with van der Waals surface area (Å²) in [5, 5.41) is 19.1. The van der Waals surface area contributed by atoms with Gasteiger partial charge in [0.25, 0.3) is 0 Å². The molecule has 0 radical (unpaired) electrons. The molecule has 0 heterocycles. The molecule has 0 aliphatic heterocycles. The van der Waals surface area contributed by atoms with Crippen molar-refractivity contribution in [3.05, 3.63) is 23.8 Å². The van der Waals surface area contributed by atoms with Gasteiger partial charge in [-0.05, 0) is 37.2 Å². The van der Waals surface area contributed by atoms with Gasteiger partial charge in [-0.2, -0.15) is 0 Å². The van der Waals surface area contributed by atoms with Crippen molar-refractivity contribution in [2.45, 2.75) is 32.1 Å². The van der Waals surface area contributed by atoms with Crippen LogP contribution >= 0.6 is 0 Å². The minimum absolute atomic E-state index is 0.185. The van der Waals surface area contributed by atoms with E-state index in [1.54, 1.807) is 6.07 Å². The van der Waals surface area contributed by atoms with Gasteiger partial charge >= 0.3 is 5.97 Å². The summed E-state index contributed by atoms with van der Waals surface area (Å²) in [6, 6.07) is 5.48. The molecule has 2 N–H and O–H groups in total. The van der Waals surface area contributed by atoms with Gasteiger partial charge in [-0.3, -0.25) is 4.79 Å².